The molecule has 4 heteroatoms. The Morgan fingerprint density at radius 2 is 2.12 bits per heavy atom. The molecule has 0 aromatic carbocycles. The Morgan fingerprint density at radius 1 is 1.29 bits per heavy atom. The van der Waals surface area contributed by atoms with E-state index in [4.69, 9.17) is 4.74 Å². The molecule has 0 saturated carbocycles. The summed E-state index contributed by atoms with van der Waals surface area (Å²) in [4.78, 5) is 8.38. The molecular formula is C13H23N3O. The van der Waals surface area contributed by atoms with E-state index in [2.05, 4.69) is 29.1 Å². The van der Waals surface area contributed by atoms with Crippen LogP contribution in [-0.2, 0) is 0 Å². The molecule has 0 amide bonds. The molecule has 1 unspecified atom stereocenters. The Bertz CT molecular complexity index is 309. The summed E-state index contributed by atoms with van der Waals surface area (Å²) in [5.74, 6) is 0.634. The van der Waals surface area contributed by atoms with Gasteiger partial charge >= 0.3 is 0 Å². The molecule has 1 atom stereocenters. The fourth-order valence-electron chi connectivity index (χ4n) is 1.74. The van der Waals surface area contributed by atoms with Gasteiger partial charge in [0.2, 0.25) is 5.88 Å². The van der Waals surface area contributed by atoms with Crippen LogP contribution in [0.5, 0.6) is 5.88 Å². The van der Waals surface area contributed by atoms with Gasteiger partial charge in [-0.25, -0.2) is 9.97 Å². The second-order valence-corrected chi connectivity index (χ2v) is 4.13. The van der Waals surface area contributed by atoms with Gasteiger partial charge in [0.1, 0.15) is 6.33 Å². The normalized spacial score (nSPS) is 12.4. The van der Waals surface area contributed by atoms with Crippen LogP contribution in [0.1, 0.15) is 51.3 Å². The van der Waals surface area contributed by atoms with Gasteiger partial charge in [0.15, 0.2) is 0 Å². The van der Waals surface area contributed by atoms with E-state index in [9.17, 15) is 0 Å². The number of ether oxygens (including phenoxy) is 1. The van der Waals surface area contributed by atoms with Gasteiger partial charge in [-0.3, -0.25) is 0 Å². The predicted octanol–water partition coefficient (Wildman–Crippen LogP) is 2.72. The summed E-state index contributed by atoms with van der Waals surface area (Å²) in [7, 11) is 1.63. The van der Waals surface area contributed by atoms with Gasteiger partial charge in [0, 0.05) is 12.1 Å². The van der Waals surface area contributed by atoms with Crippen LogP contribution in [0, 0.1) is 0 Å². The third-order valence-corrected chi connectivity index (χ3v) is 2.72. The molecular weight excluding hydrogens is 214 g/mol. The number of hydrogen-bond acceptors (Lipinski definition) is 4. The number of nitrogens with one attached hydrogen (secondary N) is 1. The standard InChI is InChI=1S/C13H23N3O/c1-4-6-7-11(14-8-5-2)12-9-13(17-3)16-10-15-12/h9-11,14H,4-8H2,1-3H3. The van der Waals surface area contributed by atoms with Crippen molar-refractivity contribution >= 4 is 0 Å². The maximum absolute atomic E-state index is 5.14. The first-order chi connectivity index (χ1) is 8.31. The lowest BCUT2D eigenvalue weighted by Crippen LogP contribution is -2.23. The minimum atomic E-state index is 0.312. The topological polar surface area (TPSA) is 47.0 Å². The van der Waals surface area contributed by atoms with Crippen molar-refractivity contribution in [2.24, 2.45) is 0 Å². The highest BCUT2D eigenvalue weighted by molar-refractivity contribution is 5.16. The van der Waals surface area contributed by atoms with Gasteiger partial charge in [-0.2, -0.15) is 0 Å². The van der Waals surface area contributed by atoms with Crippen LogP contribution in [0.15, 0.2) is 12.4 Å². The highest BCUT2D eigenvalue weighted by Crippen LogP contribution is 2.19. The van der Waals surface area contributed by atoms with Gasteiger partial charge in [-0.15, -0.1) is 0 Å². The van der Waals surface area contributed by atoms with E-state index in [1.807, 2.05) is 6.07 Å². The number of methoxy groups -OCH3 is 1. The van der Waals surface area contributed by atoms with Crippen molar-refractivity contribution in [3.8, 4) is 5.88 Å². The molecule has 1 rings (SSSR count). The Balaban J connectivity index is 2.71. The second kappa shape index (κ2) is 8.01. The van der Waals surface area contributed by atoms with Gasteiger partial charge in [-0.1, -0.05) is 26.7 Å². The van der Waals surface area contributed by atoms with Crippen molar-refractivity contribution in [2.45, 2.75) is 45.6 Å². The van der Waals surface area contributed by atoms with Crippen molar-refractivity contribution in [3.05, 3.63) is 18.1 Å². The summed E-state index contributed by atoms with van der Waals surface area (Å²) in [6.45, 7) is 5.39. The van der Waals surface area contributed by atoms with E-state index in [-0.39, 0.29) is 0 Å². The lowest BCUT2D eigenvalue weighted by Gasteiger charge is -2.17. The molecule has 4 nitrogen and oxygen atoms in total. The molecule has 1 aromatic rings. The number of hydrogen-bond donors (Lipinski definition) is 1. The molecule has 96 valence electrons. The Kier molecular flexibility index (Phi) is 6.55. The van der Waals surface area contributed by atoms with Crippen molar-refractivity contribution in [1.29, 1.82) is 0 Å². The fourth-order valence-corrected chi connectivity index (χ4v) is 1.74. The fraction of sp³-hybridized carbons (Fsp3) is 0.692. The van der Waals surface area contributed by atoms with E-state index in [1.165, 1.54) is 12.8 Å². The van der Waals surface area contributed by atoms with Crippen LogP contribution in [0.4, 0.5) is 0 Å². The maximum atomic E-state index is 5.14. The molecule has 17 heavy (non-hydrogen) atoms. The molecule has 0 aliphatic heterocycles. The van der Waals surface area contributed by atoms with Gasteiger partial charge in [0.25, 0.3) is 0 Å². The lowest BCUT2D eigenvalue weighted by molar-refractivity contribution is 0.392. The van der Waals surface area contributed by atoms with Crippen molar-refractivity contribution in [2.75, 3.05) is 13.7 Å². The summed E-state index contributed by atoms with van der Waals surface area (Å²) in [6.07, 6.45) is 6.21. The summed E-state index contributed by atoms with van der Waals surface area (Å²) in [6, 6.07) is 2.23. The number of aromatic nitrogens is 2. The van der Waals surface area contributed by atoms with Crippen LogP contribution in [0.2, 0.25) is 0 Å². The molecule has 1 aromatic heterocycles. The minimum absolute atomic E-state index is 0.312. The Hall–Kier alpha value is -1.16. The number of rotatable bonds is 8. The maximum Gasteiger partial charge on any atom is 0.216 e. The highest BCUT2D eigenvalue weighted by atomic mass is 16.5. The van der Waals surface area contributed by atoms with E-state index >= 15 is 0 Å². The second-order valence-electron chi connectivity index (χ2n) is 4.13. The largest absolute Gasteiger partial charge is 0.481 e. The molecule has 1 heterocycles. The van der Waals surface area contributed by atoms with E-state index in [0.717, 1.165) is 25.1 Å². The zero-order valence-electron chi connectivity index (χ0n) is 11.1. The smallest absolute Gasteiger partial charge is 0.216 e. The molecule has 0 bridgehead atoms. The Labute approximate surface area is 104 Å². The third kappa shape index (κ3) is 4.69. The third-order valence-electron chi connectivity index (χ3n) is 2.72. The average Bonchev–Trinajstić information content (AvgIpc) is 2.39. The molecule has 0 radical (unpaired) electrons. The number of nitrogens with zero attached hydrogens (tertiary/aromatic N) is 2. The van der Waals surface area contributed by atoms with E-state index < -0.39 is 0 Å². The van der Waals surface area contributed by atoms with E-state index in [1.54, 1.807) is 13.4 Å². The van der Waals surface area contributed by atoms with Crippen LogP contribution >= 0.6 is 0 Å². The highest BCUT2D eigenvalue weighted by Gasteiger charge is 2.12. The van der Waals surface area contributed by atoms with Crippen molar-refractivity contribution in [1.82, 2.24) is 15.3 Å². The summed E-state index contributed by atoms with van der Waals surface area (Å²) < 4.78 is 5.14. The molecule has 0 aliphatic rings. The van der Waals surface area contributed by atoms with Crippen LogP contribution in [-0.4, -0.2) is 23.6 Å². The lowest BCUT2D eigenvalue weighted by atomic mass is 10.1. The SMILES string of the molecule is CCCCC(NCCC)c1cc(OC)ncn1. The summed E-state index contributed by atoms with van der Waals surface area (Å²) >= 11 is 0. The molecule has 1 N–H and O–H groups in total. The molecule has 0 saturated heterocycles. The zero-order chi connectivity index (χ0) is 12.5. The zero-order valence-corrected chi connectivity index (χ0v) is 11.1. The molecule has 0 fully saturated rings. The van der Waals surface area contributed by atoms with Crippen LogP contribution < -0.4 is 10.1 Å². The van der Waals surface area contributed by atoms with Crippen molar-refractivity contribution < 1.29 is 4.74 Å². The summed E-state index contributed by atoms with van der Waals surface area (Å²) in [5.41, 5.74) is 1.03. The summed E-state index contributed by atoms with van der Waals surface area (Å²) in [5, 5.41) is 3.53. The van der Waals surface area contributed by atoms with Crippen LogP contribution in [0.3, 0.4) is 0 Å². The average molecular weight is 237 g/mol. The molecule has 0 spiro atoms. The number of unbranched alkanes of at least 4 members (excludes halogenated alkanes) is 1. The van der Waals surface area contributed by atoms with Crippen molar-refractivity contribution in [3.63, 3.8) is 0 Å². The van der Waals surface area contributed by atoms with Gasteiger partial charge in [0.05, 0.1) is 12.8 Å². The van der Waals surface area contributed by atoms with E-state index in [0.29, 0.717) is 11.9 Å². The monoisotopic (exact) mass is 237 g/mol. The first kappa shape index (κ1) is 13.9. The minimum Gasteiger partial charge on any atom is -0.481 e. The first-order valence-electron chi connectivity index (χ1n) is 6.41. The first-order valence-corrected chi connectivity index (χ1v) is 6.41. The molecule has 0 aliphatic carbocycles. The van der Waals surface area contributed by atoms with Gasteiger partial charge < -0.3 is 10.1 Å². The van der Waals surface area contributed by atoms with Crippen LogP contribution in [0.25, 0.3) is 0 Å². The predicted molar refractivity (Wildman–Crippen MR) is 69.1 cm³/mol. The van der Waals surface area contributed by atoms with Gasteiger partial charge in [-0.05, 0) is 19.4 Å². The quantitative estimate of drug-likeness (QED) is 0.755. The Morgan fingerprint density at radius 3 is 2.76 bits per heavy atom.